The number of benzene rings is 1. The summed E-state index contributed by atoms with van der Waals surface area (Å²) in [5, 5.41) is 14.8. The highest BCUT2D eigenvalue weighted by atomic mass is 32.1. The number of nitrogens with zero attached hydrogens (tertiary/aromatic N) is 5. The first-order valence-electron chi connectivity index (χ1n) is 7.47. The third kappa shape index (κ3) is 3.02. The highest BCUT2D eigenvalue weighted by Gasteiger charge is 2.24. The Morgan fingerprint density at radius 1 is 1.13 bits per heavy atom. The summed E-state index contributed by atoms with van der Waals surface area (Å²) in [6, 6.07) is 6.59. The van der Waals surface area contributed by atoms with E-state index in [-0.39, 0.29) is 5.82 Å². The van der Waals surface area contributed by atoms with E-state index in [1.807, 2.05) is 17.8 Å². The normalized spacial score (nSPS) is 14.3. The zero-order chi connectivity index (χ0) is 15.8. The molecule has 0 unspecified atom stereocenters. The third-order valence-corrected chi connectivity index (χ3v) is 4.80. The maximum Gasteiger partial charge on any atom is 0.131 e. The number of halogens is 1. The van der Waals surface area contributed by atoms with Crippen molar-refractivity contribution in [3.63, 3.8) is 0 Å². The number of hydrogen-bond acceptors (Lipinski definition) is 5. The summed E-state index contributed by atoms with van der Waals surface area (Å²) < 4.78 is 15.0. The molecule has 118 valence electrons. The van der Waals surface area contributed by atoms with Crippen LogP contribution in [0.3, 0.4) is 0 Å². The predicted molar refractivity (Wildman–Crippen MR) is 85.3 cm³/mol. The molecular formula is C16H16FN5S. The minimum atomic E-state index is -0.210. The maximum absolute atomic E-state index is 13.0. The van der Waals surface area contributed by atoms with Crippen molar-refractivity contribution < 1.29 is 4.39 Å². The van der Waals surface area contributed by atoms with Crippen LogP contribution >= 0.6 is 11.3 Å². The van der Waals surface area contributed by atoms with E-state index in [1.165, 1.54) is 23.4 Å². The second-order valence-corrected chi connectivity index (χ2v) is 7.03. The Morgan fingerprint density at radius 2 is 1.96 bits per heavy atom. The van der Waals surface area contributed by atoms with Gasteiger partial charge >= 0.3 is 0 Å². The van der Waals surface area contributed by atoms with Crippen LogP contribution in [0, 0.1) is 12.7 Å². The van der Waals surface area contributed by atoms with Crippen molar-refractivity contribution >= 4 is 11.3 Å². The first kappa shape index (κ1) is 14.5. The molecule has 1 aliphatic rings. The Morgan fingerprint density at radius 3 is 2.70 bits per heavy atom. The molecule has 2 aromatic heterocycles. The van der Waals surface area contributed by atoms with E-state index >= 15 is 0 Å². The highest BCUT2D eigenvalue weighted by molar-refractivity contribution is 7.11. The molecule has 0 fully saturated rings. The van der Waals surface area contributed by atoms with Crippen molar-refractivity contribution in [2.75, 3.05) is 0 Å². The van der Waals surface area contributed by atoms with Gasteiger partial charge in [-0.3, -0.25) is 9.58 Å². The van der Waals surface area contributed by atoms with Gasteiger partial charge in [0.1, 0.15) is 15.8 Å². The van der Waals surface area contributed by atoms with Gasteiger partial charge in [-0.05, 0) is 24.6 Å². The van der Waals surface area contributed by atoms with Crippen molar-refractivity contribution in [2.45, 2.75) is 33.1 Å². The van der Waals surface area contributed by atoms with Gasteiger partial charge in [0.15, 0.2) is 0 Å². The van der Waals surface area contributed by atoms with Gasteiger partial charge < -0.3 is 0 Å². The topological polar surface area (TPSA) is 46.8 Å². The van der Waals surface area contributed by atoms with Crippen LogP contribution in [0.5, 0.6) is 0 Å². The van der Waals surface area contributed by atoms with Gasteiger partial charge in [-0.15, -0.1) is 21.5 Å². The molecule has 7 heteroatoms. The first-order valence-corrected chi connectivity index (χ1v) is 8.28. The molecule has 3 heterocycles. The molecule has 0 saturated heterocycles. The Labute approximate surface area is 137 Å². The molecule has 0 atom stereocenters. The summed E-state index contributed by atoms with van der Waals surface area (Å²) in [7, 11) is 0. The summed E-state index contributed by atoms with van der Waals surface area (Å²) in [6.07, 6.45) is 1.93. The van der Waals surface area contributed by atoms with Gasteiger partial charge in [-0.25, -0.2) is 4.39 Å². The van der Waals surface area contributed by atoms with Crippen LogP contribution in [0.15, 0.2) is 30.5 Å². The molecule has 0 spiro atoms. The van der Waals surface area contributed by atoms with E-state index < -0.39 is 0 Å². The van der Waals surface area contributed by atoms with Crippen LogP contribution in [0.25, 0.3) is 0 Å². The molecule has 23 heavy (non-hydrogen) atoms. The lowest BCUT2D eigenvalue weighted by molar-refractivity contribution is 0.267. The smallest absolute Gasteiger partial charge is 0.131 e. The molecule has 0 N–H and O–H groups in total. The molecule has 0 saturated carbocycles. The SMILES string of the molecule is Cc1nnc(CN2Cc3cnn(Cc4ccc(F)cc4)c3C2)s1. The molecule has 1 aliphatic heterocycles. The van der Waals surface area contributed by atoms with Crippen LogP contribution in [0.1, 0.15) is 26.8 Å². The van der Waals surface area contributed by atoms with Gasteiger partial charge in [-0.1, -0.05) is 12.1 Å². The number of hydrogen-bond donors (Lipinski definition) is 0. The van der Waals surface area contributed by atoms with E-state index in [9.17, 15) is 4.39 Å². The van der Waals surface area contributed by atoms with E-state index in [4.69, 9.17) is 0 Å². The lowest BCUT2D eigenvalue weighted by Crippen LogP contribution is -2.17. The average Bonchev–Trinajstić information content (AvgIpc) is 3.20. The number of aromatic nitrogens is 4. The van der Waals surface area contributed by atoms with Crippen molar-refractivity contribution in [1.29, 1.82) is 0 Å². The molecule has 0 amide bonds. The molecule has 1 aromatic carbocycles. The van der Waals surface area contributed by atoms with E-state index in [1.54, 1.807) is 23.5 Å². The zero-order valence-electron chi connectivity index (χ0n) is 12.7. The molecule has 3 aromatic rings. The third-order valence-electron chi connectivity index (χ3n) is 3.97. The lowest BCUT2D eigenvalue weighted by atomic mass is 10.2. The standard InChI is InChI=1S/C16H16FN5S/c1-11-19-20-16(23-11)10-21-8-13-6-18-22(15(13)9-21)7-12-2-4-14(17)5-3-12/h2-6H,7-10H2,1H3. The summed E-state index contributed by atoms with van der Waals surface area (Å²) >= 11 is 1.64. The summed E-state index contributed by atoms with van der Waals surface area (Å²) in [5.41, 5.74) is 3.54. The van der Waals surface area contributed by atoms with Crippen molar-refractivity contribution in [1.82, 2.24) is 24.9 Å². The fraction of sp³-hybridized carbons (Fsp3) is 0.312. The van der Waals surface area contributed by atoms with Gasteiger partial charge in [0.2, 0.25) is 0 Å². The van der Waals surface area contributed by atoms with Crippen molar-refractivity contribution in [3.8, 4) is 0 Å². The number of fused-ring (bicyclic) bond motifs is 1. The Kier molecular flexibility index (Phi) is 3.66. The Balaban J connectivity index is 1.47. The highest BCUT2D eigenvalue weighted by Crippen LogP contribution is 2.25. The minimum absolute atomic E-state index is 0.210. The lowest BCUT2D eigenvalue weighted by Gasteiger charge is -2.13. The maximum atomic E-state index is 13.0. The number of rotatable bonds is 4. The molecule has 0 radical (unpaired) electrons. The summed E-state index contributed by atoms with van der Waals surface area (Å²) in [4.78, 5) is 2.34. The largest absolute Gasteiger partial charge is 0.286 e. The summed E-state index contributed by atoms with van der Waals surface area (Å²) in [5.74, 6) is -0.210. The second-order valence-electron chi connectivity index (χ2n) is 5.76. The second kappa shape index (κ2) is 5.82. The van der Waals surface area contributed by atoms with Crippen LogP contribution in [-0.2, 0) is 26.2 Å². The van der Waals surface area contributed by atoms with Gasteiger partial charge in [0.05, 0.1) is 25.0 Å². The van der Waals surface area contributed by atoms with E-state index in [2.05, 4.69) is 20.2 Å². The van der Waals surface area contributed by atoms with Gasteiger partial charge in [0.25, 0.3) is 0 Å². The fourth-order valence-corrected chi connectivity index (χ4v) is 3.63. The Bertz CT molecular complexity index is 823. The van der Waals surface area contributed by atoms with Gasteiger partial charge in [-0.2, -0.15) is 5.10 Å². The molecule has 5 nitrogen and oxygen atoms in total. The minimum Gasteiger partial charge on any atom is -0.286 e. The molecule has 0 bridgehead atoms. The van der Waals surface area contributed by atoms with Crippen molar-refractivity contribution in [2.24, 2.45) is 0 Å². The van der Waals surface area contributed by atoms with Crippen LogP contribution in [-0.4, -0.2) is 24.9 Å². The van der Waals surface area contributed by atoms with E-state index in [0.717, 1.165) is 35.2 Å². The molecular weight excluding hydrogens is 313 g/mol. The Hall–Kier alpha value is -2.12. The molecule has 4 rings (SSSR count). The van der Waals surface area contributed by atoms with E-state index in [0.29, 0.717) is 6.54 Å². The molecule has 0 aliphatic carbocycles. The monoisotopic (exact) mass is 329 g/mol. The zero-order valence-corrected chi connectivity index (χ0v) is 13.6. The first-order chi connectivity index (χ1) is 11.2. The summed E-state index contributed by atoms with van der Waals surface area (Å²) in [6.45, 7) is 5.20. The van der Waals surface area contributed by atoms with Crippen LogP contribution < -0.4 is 0 Å². The number of aryl methyl sites for hydroxylation is 1. The van der Waals surface area contributed by atoms with Crippen LogP contribution in [0.4, 0.5) is 4.39 Å². The van der Waals surface area contributed by atoms with Crippen molar-refractivity contribution in [3.05, 3.63) is 63.1 Å². The van der Waals surface area contributed by atoms with Gasteiger partial charge in [0, 0.05) is 18.7 Å². The predicted octanol–water partition coefficient (Wildman–Crippen LogP) is 2.75. The quantitative estimate of drug-likeness (QED) is 0.738. The van der Waals surface area contributed by atoms with Crippen LogP contribution in [0.2, 0.25) is 0 Å². The fourth-order valence-electron chi connectivity index (χ4n) is 2.88. The average molecular weight is 329 g/mol.